The molecule has 0 aromatic carbocycles. The molecule has 0 rings (SSSR count). The van der Waals surface area contributed by atoms with Gasteiger partial charge in [0, 0.05) is 5.75 Å². The Labute approximate surface area is 105 Å². The second-order valence-electron chi connectivity index (χ2n) is 4.34. The molecule has 1 atom stereocenters. The van der Waals surface area contributed by atoms with Crippen LogP contribution in [0, 0.1) is 0 Å². The van der Waals surface area contributed by atoms with Crippen molar-refractivity contribution < 1.29 is 4.79 Å². The minimum atomic E-state index is 0.0608. The Morgan fingerprint density at radius 3 is 2.38 bits per heavy atom. The van der Waals surface area contributed by atoms with E-state index >= 15 is 0 Å². The number of carbonyl (C=O) groups excluding carboxylic acids is 1. The Morgan fingerprint density at radius 1 is 1.19 bits per heavy atom. The molecule has 1 N–H and O–H groups in total. The van der Waals surface area contributed by atoms with E-state index in [1.165, 1.54) is 38.5 Å². The lowest BCUT2D eigenvalue weighted by atomic mass is 10.1. The summed E-state index contributed by atoms with van der Waals surface area (Å²) >= 11 is 1.73. The van der Waals surface area contributed by atoms with Crippen LogP contribution in [0.15, 0.2) is 0 Å². The summed E-state index contributed by atoms with van der Waals surface area (Å²) in [6.07, 6.45) is 9.88. The maximum Gasteiger partial charge on any atom is 0.147 e. The smallest absolute Gasteiger partial charge is 0.147 e. The third kappa shape index (κ3) is 9.22. The van der Waals surface area contributed by atoms with Gasteiger partial charge in [-0.25, -0.2) is 0 Å². The topological polar surface area (TPSA) is 29.1 Å². The van der Waals surface area contributed by atoms with Crippen LogP contribution in [-0.2, 0) is 4.79 Å². The molecular weight excluding hydrogens is 218 g/mol. The van der Waals surface area contributed by atoms with Crippen LogP contribution in [0.25, 0.3) is 0 Å². The summed E-state index contributed by atoms with van der Waals surface area (Å²) in [5.74, 6) is 1.16. The first-order valence-corrected chi connectivity index (χ1v) is 7.84. The summed E-state index contributed by atoms with van der Waals surface area (Å²) in [6.45, 7) is 4.90. The van der Waals surface area contributed by atoms with Crippen molar-refractivity contribution in [3.63, 3.8) is 0 Å². The number of rotatable bonds is 11. The second-order valence-corrected chi connectivity index (χ2v) is 5.25. The molecule has 3 heteroatoms. The highest BCUT2D eigenvalue weighted by Crippen LogP contribution is 2.05. The molecule has 0 aliphatic rings. The first kappa shape index (κ1) is 16.0. The average molecular weight is 245 g/mol. The summed E-state index contributed by atoms with van der Waals surface area (Å²) < 4.78 is 0. The third-order valence-electron chi connectivity index (χ3n) is 2.75. The van der Waals surface area contributed by atoms with Gasteiger partial charge >= 0.3 is 0 Å². The van der Waals surface area contributed by atoms with Crippen molar-refractivity contribution in [1.29, 1.82) is 0 Å². The van der Waals surface area contributed by atoms with Crippen LogP contribution < -0.4 is 5.32 Å². The molecule has 0 amide bonds. The maximum absolute atomic E-state index is 11.3. The Hall–Kier alpha value is -0.0200. The van der Waals surface area contributed by atoms with Crippen LogP contribution in [0.4, 0.5) is 0 Å². The van der Waals surface area contributed by atoms with Gasteiger partial charge < -0.3 is 5.32 Å². The fraction of sp³-hybridized carbons (Fsp3) is 0.923. The molecule has 96 valence electrons. The monoisotopic (exact) mass is 245 g/mol. The predicted octanol–water partition coefficient (Wildman–Crippen LogP) is 3.26. The Balaban J connectivity index is 3.37. The van der Waals surface area contributed by atoms with Crippen LogP contribution in [0.3, 0.4) is 0 Å². The molecule has 0 radical (unpaired) electrons. The van der Waals surface area contributed by atoms with Gasteiger partial charge in [0.15, 0.2) is 0 Å². The zero-order valence-corrected chi connectivity index (χ0v) is 11.9. The molecule has 2 nitrogen and oxygen atoms in total. The van der Waals surface area contributed by atoms with Crippen LogP contribution in [0.2, 0.25) is 0 Å². The van der Waals surface area contributed by atoms with Gasteiger partial charge in [0.25, 0.3) is 0 Å². The molecule has 0 bridgehead atoms. The molecule has 0 saturated carbocycles. The van der Waals surface area contributed by atoms with Gasteiger partial charge in [0.05, 0.1) is 6.04 Å². The molecule has 0 fully saturated rings. The first-order chi connectivity index (χ1) is 7.72. The van der Waals surface area contributed by atoms with Crippen molar-refractivity contribution in [1.82, 2.24) is 5.32 Å². The number of ketones is 1. The van der Waals surface area contributed by atoms with E-state index in [1.54, 1.807) is 18.7 Å². The summed E-state index contributed by atoms with van der Waals surface area (Å²) in [4.78, 5) is 11.3. The standard InChI is InChI=1S/C13H27NOS/c1-4-5-6-7-8-9-10-14-13(11-16-3)12(2)15/h13-14H,4-11H2,1-3H3. The molecule has 0 spiro atoms. The zero-order valence-electron chi connectivity index (χ0n) is 11.1. The van der Waals surface area contributed by atoms with Gasteiger partial charge in [-0.2, -0.15) is 11.8 Å². The number of hydrogen-bond donors (Lipinski definition) is 1. The molecule has 0 heterocycles. The summed E-state index contributed by atoms with van der Waals surface area (Å²) in [6, 6.07) is 0.0608. The Bertz CT molecular complexity index is 173. The van der Waals surface area contributed by atoms with E-state index < -0.39 is 0 Å². The van der Waals surface area contributed by atoms with E-state index in [9.17, 15) is 4.79 Å². The normalized spacial score (nSPS) is 12.7. The van der Waals surface area contributed by atoms with Crippen LogP contribution in [0.1, 0.15) is 52.4 Å². The number of hydrogen-bond acceptors (Lipinski definition) is 3. The minimum absolute atomic E-state index is 0.0608. The lowest BCUT2D eigenvalue weighted by Gasteiger charge is -2.14. The van der Waals surface area contributed by atoms with E-state index in [2.05, 4.69) is 12.2 Å². The van der Waals surface area contributed by atoms with E-state index in [-0.39, 0.29) is 11.8 Å². The van der Waals surface area contributed by atoms with Crippen molar-refractivity contribution in [2.75, 3.05) is 18.6 Å². The van der Waals surface area contributed by atoms with Crippen molar-refractivity contribution in [3.05, 3.63) is 0 Å². The molecule has 0 saturated heterocycles. The van der Waals surface area contributed by atoms with Crippen molar-refractivity contribution >= 4 is 17.5 Å². The van der Waals surface area contributed by atoms with Crippen molar-refractivity contribution in [2.45, 2.75) is 58.4 Å². The van der Waals surface area contributed by atoms with Crippen molar-refractivity contribution in [2.24, 2.45) is 0 Å². The van der Waals surface area contributed by atoms with E-state index in [1.807, 2.05) is 6.26 Å². The summed E-state index contributed by atoms with van der Waals surface area (Å²) in [7, 11) is 0. The predicted molar refractivity (Wildman–Crippen MR) is 74.2 cm³/mol. The highest BCUT2D eigenvalue weighted by atomic mass is 32.2. The summed E-state index contributed by atoms with van der Waals surface area (Å²) in [5, 5.41) is 3.34. The maximum atomic E-state index is 11.3. The Kier molecular flexibility index (Phi) is 11.5. The van der Waals surface area contributed by atoms with Crippen LogP contribution >= 0.6 is 11.8 Å². The van der Waals surface area contributed by atoms with Gasteiger partial charge in [-0.1, -0.05) is 39.0 Å². The fourth-order valence-electron chi connectivity index (χ4n) is 1.67. The van der Waals surface area contributed by atoms with Gasteiger partial charge in [-0.05, 0) is 26.1 Å². The molecule has 0 aromatic rings. The lowest BCUT2D eigenvalue weighted by Crippen LogP contribution is -2.38. The highest BCUT2D eigenvalue weighted by molar-refractivity contribution is 7.98. The quantitative estimate of drug-likeness (QED) is 0.567. The van der Waals surface area contributed by atoms with E-state index in [0.717, 1.165) is 12.3 Å². The zero-order chi connectivity index (χ0) is 12.2. The first-order valence-electron chi connectivity index (χ1n) is 6.45. The Morgan fingerprint density at radius 2 is 1.81 bits per heavy atom. The lowest BCUT2D eigenvalue weighted by molar-refractivity contribution is -0.118. The van der Waals surface area contributed by atoms with Gasteiger partial charge in [0.2, 0.25) is 0 Å². The molecular formula is C13H27NOS. The number of nitrogens with one attached hydrogen (secondary N) is 1. The van der Waals surface area contributed by atoms with Crippen LogP contribution in [0.5, 0.6) is 0 Å². The SMILES string of the molecule is CCCCCCCCNC(CSC)C(C)=O. The molecule has 16 heavy (non-hydrogen) atoms. The number of Topliss-reactive ketones (excluding diaryl/α,β-unsaturated/α-hetero) is 1. The highest BCUT2D eigenvalue weighted by Gasteiger charge is 2.11. The molecule has 1 unspecified atom stereocenters. The van der Waals surface area contributed by atoms with E-state index in [0.29, 0.717) is 0 Å². The second kappa shape index (κ2) is 11.5. The van der Waals surface area contributed by atoms with Gasteiger partial charge in [-0.3, -0.25) is 4.79 Å². The third-order valence-corrected chi connectivity index (χ3v) is 3.41. The molecule has 0 aliphatic carbocycles. The number of thioether (sulfide) groups is 1. The van der Waals surface area contributed by atoms with Crippen molar-refractivity contribution in [3.8, 4) is 0 Å². The van der Waals surface area contributed by atoms with Gasteiger partial charge in [0.1, 0.15) is 5.78 Å². The molecule has 0 aliphatic heterocycles. The van der Waals surface area contributed by atoms with Crippen LogP contribution in [-0.4, -0.2) is 30.4 Å². The average Bonchev–Trinajstić information content (AvgIpc) is 2.26. The van der Waals surface area contributed by atoms with Gasteiger partial charge in [-0.15, -0.1) is 0 Å². The minimum Gasteiger partial charge on any atom is -0.307 e. The number of carbonyl (C=O) groups is 1. The molecule has 0 aromatic heterocycles. The fourth-order valence-corrected chi connectivity index (χ4v) is 2.35. The number of unbranched alkanes of at least 4 members (excludes halogenated alkanes) is 5. The van der Waals surface area contributed by atoms with E-state index in [4.69, 9.17) is 0 Å². The largest absolute Gasteiger partial charge is 0.307 e. The summed E-state index contributed by atoms with van der Waals surface area (Å²) in [5.41, 5.74) is 0.